The predicted molar refractivity (Wildman–Crippen MR) is 74.8 cm³/mol. The van der Waals surface area contributed by atoms with Crippen LogP contribution in [0.4, 0.5) is 0 Å². The molecule has 1 N–H and O–H groups in total. The molecule has 0 amide bonds. The Morgan fingerprint density at radius 3 is 2.65 bits per heavy atom. The molecule has 0 saturated carbocycles. The maximum Gasteiger partial charge on any atom is 0.154 e. The molecule has 90 valence electrons. The van der Waals surface area contributed by atoms with Crippen LogP contribution in [0.5, 0.6) is 0 Å². The van der Waals surface area contributed by atoms with Crippen LogP contribution in [-0.4, -0.2) is 12.0 Å². The van der Waals surface area contributed by atoms with Crippen LogP contribution in [0.3, 0.4) is 0 Å². The van der Waals surface area contributed by atoms with Gasteiger partial charge in [0.25, 0.3) is 0 Å². The molecule has 2 nitrogen and oxygen atoms in total. The number of hydrogen-bond donors (Lipinski definition) is 1. The van der Waals surface area contributed by atoms with Crippen molar-refractivity contribution in [1.29, 1.82) is 0 Å². The van der Waals surface area contributed by atoms with Crippen LogP contribution >= 0.6 is 23.1 Å². The molecule has 0 aliphatic rings. The quantitative estimate of drug-likeness (QED) is 0.884. The summed E-state index contributed by atoms with van der Waals surface area (Å²) in [4.78, 5) is 5.52. The van der Waals surface area contributed by atoms with Crippen LogP contribution in [-0.2, 0) is 0 Å². The summed E-state index contributed by atoms with van der Waals surface area (Å²) in [5.74, 6) is 0. The van der Waals surface area contributed by atoms with Gasteiger partial charge in [0.1, 0.15) is 0 Å². The highest BCUT2D eigenvalue weighted by Crippen LogP contribution is 2.30. The SMILES string of the molecule is CCC(NC)c1ccc(Sc2nccs2)cc1. The molecule has 0 fully saturated rings. The lowest BCUT2D eigenvalue weighted by Gasteiger charge is -2.14. The maximum atomic E-state index is 4.27. The molecule has 1 atom stereocenters. The number of nitrogens with zero attached hydrogens (tertiary/aromatic N) is 1. The summed E-state index contributed by atoms with van der Waals surface area (Å²) >= 11 is 3.39. The molecule has 2 aromatic rings. The van der Waals surface area contributed by atoms with Gasteiger partial charge >= 0.3 is 0 Å². The molecule has 0 spiro atoms. The van der Waals surface area contributed by atoms with E-state index >= 15 is 0 Å². The highest BCUT2D eigenvalue weighted by atomic mass is 32.2. The Hall–Kier alpha value is -0.840. The minimum absolute atomic E-state index is 0.453. The monoisotopic (exact) mass is 264 g/mol. The highest BCUT2D eigenvalue weighted by molar-refractivity contribution is 8.01. The fraction of sp³-hybridized carbons (Fsp3) is 0.308. The van der Waals surface area contributed by atoms with E-state index in [0.29, 0.717) is 6.04 Å². The normalized spacial score (nSPS) is 12.6. The fourth-order valence-electron chi connectivity index (χ4n) is 1.74. The third-order valence-corrected chi connectivity index (χ3v) is 4.55. The second-order valence-electron chi connectivity index (χ2n) is 3.72. The Balaban J connectivity index is 2.07. The van der Waals surface area contributed by atoms with Gasteiger partial charge in [-0.05, 0) is 31.2 Å². The van der Waals surface area contributed by atoms with Gasteiger partial charge in [0.15, 0.2) is 4.34 Å². The lowest BCUT2D eigenvalue weighted by molar-refractivity contribution is 0.576. The van der Waals surface area contributed by atoms with Gasteiger partial charge in [-0.2, -0.15) is 0 Å². The first-order valence-corrected chi connectivity index (χ1v) is 7.37. The van der Waals surface area contributed by atoms with Crippen molar-refractivity contribution >= 4 is 23.1 Å². The lowest BCUT2D eigenvalue weighted by atomic mass is 10.1. The van der Waals surface area contributed by atoms with E-state index in [0.717, 1.165) is 10.8 Å². The third kappa shape index (κ3) is 3.31. The van der Waals surface area contributed by atoms with Gasteiger partial charge in [-0.25, -0.2) is 4.98 Å². The molecule has 4 heteroatoms. The van der Waals surface area contributed by atoms with Crippen molar-refractivity contribution in [1.82, 2.24) is 10.3 Å². The fourth-order valence-corrected chi connectivity index (χ4v) is 3.33. The van der Waals surface area contributed by atoms with E-state index in [-0.39, 0.29) is 0 Å². The van der Waals surface area contributed by atoms with E-state index in [2.05, 4.69) is 41.5 Å². The molecular formula is C13H16N2S2. The topological polar surface area (TPSA) is 24.9 Å². The van der Waals surface area contributed by atoms with Crippen molar-refractivity contribution in [3.8, 4) is 0 Å². The summed E-state index contributed by atoms with van der Waals surface area (Å²) in [6.07, 6.45) is 2.95. The molecule has 0 bridgehead atoms. The number of nitrogens with one attached hydrogen (secondary N) is 1. The molecule has 0 aliphatic carbocycles. The molecule has 1 unspecified atom stereocenters. The van der Waals surface area contributed by atoms with Crippen LogP contribution in [0.25, 0.3) is 0 Å². The smallest absolute Gasteiger partial charge is 0.154 e. The first-order valence-electron chi connectivity index (χ1n) is 5.68. The number of thiazole rings is 1. The predicted octanol–water partition coefficient (Wildman–Crippen LogP) is 3.96. The van der Waals surface area contributed by atoms with Gasteiger partial charge in [-0.15, -0.1) is 11.3 Å². The maximum absolute atomic E-state index is 4.27. The summed E-state index contributed by atoms with van der Waals surface area (Å²) in [6.45, 7) is 2.19. The van der Waals surface area contributed by atoms with Crippen LogP contribution in [0.15, 0.2) is 45.1 Å². The minimum atomic E-state index is 0.453. The van der Waals surface area contributed by atoms with E-state index in [1.54, 1.807) is 23.1 Å². The largest absolute Gasteiger partial charge is 0.313 e. The van der Waals surface area contributed by atoms with Crippen molar-refractivity contribution in [2.45, 2.75) is 28.6 Å². The van der Waals surface area contributed by atoms with Crippen LogP contribution in [0.2, 0.25) is 0 Å². The third-order valence-electron chi connectivity index (χ3n) is 2.65. The summed E-state index contributed by atoms with van der Waals surface area (Å²) in [5, 5.41) is 5.32. The van der Waals surface area contributed by atoms with Gasteiger partial charge in [-0.3, -0.25) is 0 Å². The standard InChI is InChI=1S/C13H16N2S2/c1-3-12(14-2)10-4-6-11(7-5-10)17-13-15-8-9-16-13/h4-9,12,14H,3H2,1-2H3. The average Bonchev–Trinajstić information content (AvgIpc) is 2.86. The molecule has 1 aromatic heterocycles. The molecule has 17 heavy (non-hydrogen) atoms. The zero-order valence-electron chi connectivity index (χ0n) is 10.0. The average molecular weight is 264 g/mol. The molecule has 1 heterocycles. The molecular weight excluding hydrogens is 248 g/mol. The van der Waals surface area contributed by atoms with Crippen molar-refractivity contribution in [2.24, 2.45) is 0 Å². The Bertz CT molecular complexity index is 433. The lowest BCUT2D eigenvalue weighted by Crippen LogP contribution is -2.14. The van der Waals surface area contributed by atoms with Crippen molar-refractivity contribution in [3.63, 3.8) is 0 Å². The molecule has 0 aliphatic heterocycles. The second-order valence-corrected chi connectivity index (χ2v) is 5.93. The Kier molecular flexibility index (Phi) is 4.59. The molecule has 1 aromatic carbocycles. The summed E-state index contributed by atoms with van der Waals surface area (Å²) < 4.78 is 1.10. The molecule has 2 rings (SSSR count). The minimum Gasteiger partial charge on any atom is -0.313 e. The zero-order valence-corrected chi connectivity index (χ0v) is 11.6. The van der Waals surface area contributed by atoms with Gasteiger partial charge in [0.05, 0.1) is 0 Å². The van der Waals surface area contributed by atoms with E-state index in [4.69, 9.17) is 0 Å². The number of benzene rings is 1. The van der Waals surface area contributed by atoms with Crippen LogP contribution in [0, 0.1) is 0 Å². The van der Waals surface area contributed by atoms with E-state index < -0.39 is 0 Å². The Morgan fingerprint density at radius 2 is 2.12 bits per heavy atom. The number of hydrogen-bond acceptors (Lipinski definition) is 4. The van der Waals surface area contributed by atoms with Gasteiger partial charge in [0, 0.05) is 22.5 Å². The van der Waals surface area contributed by atoms with Crippen molar-refractivity contribution < 1.29 is 0 Å². The zero-order chi connectivity index (χ0) is 12.1. The molecule has 0 saturated heterocycles. The van der Waals surface area contributed by atoms with E-state index in [9.17, 15) is 0 Å². The van der Waals surface area contributed by atoms with Crippen LogP contribution < -0.4 is 5.32 Å². The number of rotatable bonds is 5. The number of aromatic nitrogens is 1. The Morgan fingerprint density at radius 1 is 1.35 bits per heavy atom. The van der Waals surface area contributed by atoms with Crippen LogP contribution in [0.1, 0.15) is 24.9 Å². The van der Waals surface area contributed by atoms with Crippen molar-refractivity contribution in [2.75, 3.05) is 7.05 Å². The molecule has 0 radical (unpaired) electrons. The highest BCUT2D eigenvalue weighted by Gasteiger charge is 2.06. The van der Waals surface area contributed by atoms with Gasteiger partial charge < -0.3 is 5.32 Å². The summed E-state index contributed by atoms with van der Waals surface area (Å²) in [7, 11) is 2.01. The van der Waals surface area contributed by atoms with Crippen molar-refractivity contribution in [3.05, 3.63) is 41.4 Å². The second kappa shape index (κ2) is 6.19. The van der Waals surface area contributed by atoms with E-state index in [1.165, 1.54) is 10.5 Å². The van der Waals surface area contributed by atoms with Gasteiger partial charge in [0.2, 0.25) is 0 Å². The Labute approximate surface area is 110 Å². The summed E-state index contributed by atoms with van der Waals surface area (Å²) in [6, 6.07) is 9.18. The first-order chi connectivity index (χ1) is 8.33. The van der Waals surface area contributed by atoms with Gasteiger partial charge in [-0.1, -0.05) is 30.8 Å². The summed E-state index contributed by atoms with van der Waals surface area (Å²) in [5.41, 5.74) is 1.35. The first kappa shape index (κ1) is 12.6. The van der Waals surface area contributed by atoms with E-state index in [1.807, 2.05) is 18.6 Å².